The van der Waals surface area contributed by atoms with Crippen molar-refractivity contribution in [2.24, 2.45) is 5.41 Å². The van der Waals surface area contributed by atoms with Crippen LogP contribution in [0.15, 0.2) is 91.0 Å². The minimum Gasteiger partial charge on any atom is -0.386 e. The van der Waals surface area contributed by atoms with Crippen LogP contribution in [-0.4, -0.2) is 33.7 Å². The maximum atomic E-state index is 14.9. The van der Waals surface area contributed by atoms with Gasteiger partial charge < -0.3 is 14.9 Å². The molecule has 2 N–H and O–H groups in total. The highest BCUT2D eigenvalue weighted by molar-refractivity contribution is 6.10. The predicted molar refractivity (Wildman–Crippen MR) is 150 cm³/mol. The van der Waals surface area contributed by atoms with Crippen molar-refractivity contribution in [3.63, 3.8) is 0 Å². The zero-order valence-corrected chi connectivity index (χ0v) is 21.9. The van der Waals surface area contributed by atoms with Crippen molar-refractivity contribution in [2.45, 2.75) is 55.1 Å². The second kappa shape index (κ2) is 8.10. The topological polar surface area (TPSA) is 87.1 Å². The highest BCUT2D eigenvalue weighted by Gasteiger charge is 2.87. The third-order valence-corrected chi connectivity index (χ3v) is 10.2. The highest BCUT2D eigenvalue weighted by Crippen LogP contribution is 2.76. The Balaban J connectivity index is 1.49. The molecule has 1 saturated carbocycles. The van der Waals surface area contributed by atoms with Crippen molar-refractivity contribution in [1.82, 2.24) is 0 Å². The number of fused-ring (bicyclic) bond motifs is 4. The lowest BCUT2D eigenvalue weighted by molar-refractivity contribution is -0.272. The molecular formula is C34H29NO5. The van der Waals surface area contributed by atoms with Crippen LogP contribution in [0.2, 0.25) is 0 Å². The lowest BCUT2D eigenvalue weighted by Gasteiger charge is -2.45. The Kier molecular flexibility index (Phi) is 4.86. The molecule has 0 unspecified atom stereocenters. The monoisotopic (exact) mass is 531 g/mol. The number of nitrogens with zero attached hydrogens (tertiary/aromatic N) is 1. The van der Waals surface area contributed by atoms with E-state index in [1.54, 1.807) is 17.0 Å². The summed E-state index contributed by atoms with van der Waals surface area (Å²) in [5.41, 5.74) is 0.496. The van der Waals surface area contributed by atoms with Gasteiger partial charge in [-0.15, -0.1) is 0 Å². The van der Waals surface area contributed by atoms with E-state index in [1.165, 1.54) is 0 Å². The van der Waals surface area contributed by atoms with E-state index in [9.17, 15) is 19.8 Å². The summed E-state index contributed by atoms with van der Waals surface area (Å²) in [7, 11) is 0. The Morgan fingerprint density at radius 1 is 0.825 bits per heavy atom. The van der Waals surface area contributed by atoms with Gasteiger partial charge in [-0.25, -0.2) is 0 Å². The number of ether oxygens (including phenoxy) is 1. The summed E-state index contributed by atoms with van der Waals surface area (Å²) in [6.07, 6.45) is 1.31. The highest BCUT2D eigenvalue weighted by atomic mass is 16.6. The van der Waals surface area contributed by atoms with Gasteiger partial charge in [-0.2, -0.15) is 0 Å². The van der Waals surface area contributed by atoms with Gasteiger partial charge in [0.05, 0.1) is 11.8 Å². The molecule has 4 aromatic rings. The van der Waals surface area contributed by atoms with Gasteiger partial charge in [0.25, 0.3) is 0 Å². The van der Waals surface area contributed by atoms with Gasteiger partial charge in [-0.3, -0.25) is 14.5 Å². The molecule has 2 saturated heterocycles. The Morgan fingerprint density at radius 3 is 2.25 bits per heavy atom. The zero-order valence-electron chi connectivity index (χ0n) is 21.9. The number of carbonyl (C=O) groups excluding carboxylic acids is 2. The molecule has 6 heteroatoms. The largest absolute Gasteiger partial charge is 0.386 e. The molecule has 2 aliphatic heterocycles. The van der Waals surface area contributed by atoms with Gasteiger partial charge in [0.1, 0.15) is 23.3 Å². The molecular weight excluding hydrogens is 502 g/mol. The van der Waals surface area contributed by atoms with Crippen molar-refractivity contribution in [1.29, 1.82) is 0 Å². The van der Waals surface area contributed by atoms with Crippen LogP contribution in [0.4, 0.5) is 5.69 Å². The molecule has 2 aliphatic carbocycles. The van der Waals surface area contributed by atoms with Crippen molar-refractivity contribution in [3.8, 4) is 0 Å². The number of amides is 1. The Labute approximate surface area is 231 Å². The van der Waals surface area contributed by atoms with Gasteiger partial charge in [0.2, 0.25) is 11.7 Å². The van der Waals surface area contributed by atoms with Gasteiger partial charge in [0, 0.05) is 16.9 Å². The number of hydrogen-bond donors (Lipinski definition) is 2. The fraction of sp³-hybridized carbons (Fsp3) is 0.294. The van der Waals surface area contributed by atoms with E-state index < -0.39 is 34.9 Å². The maximum Gasteiger partial charge on any atom is 0.239 e. The minimum absolute atomic E-state index is 0.206. The number of rotatable bonds is 3. The molecule has 200 valence electrons. The molecule has 6 nitrogen and oxygen atoms in total. The Hall–Kier alpha value is -3.84. The second-order valence-electron chi connectivity index (χ2n) is 11.7. The molecule has 4 aliphatic rings. The quantitative estimate of drug-likeness (QED) is 0.337. The Morgan fingerprint density at radius 2 is 1.48 bits per heavy atom. The third-order valence-electron chi connectivity index (χ3n) is 10.2. The molecule has 1 amide bonds. The van der Waals surface area contributed by atoms with Gasteiger partial charge in [0.15, 0.2) is 0 Å². The number of aliphatic hydroxyl groups excluding tert-OH is 1. The summed E-state index contributed by atoms with van der Waals surface area (Å²) in [5.74, 6) is -2.83. The summed E-state index contributed by atoms with van der Waals surface area (Å²) in [5, 5.41) is 27.4. The number of anilines is 1. The SMILES string of the molecule is O=Cc1ccccc1[C@H]1O[C@]2(O)C3(CCCC3)C(=O)N(c3cccc4ccccc34)[C@@]23[C@@H](O)c2ccccc2[C@@H]13. The first-order chi connectivity index (χ1) is 19.5. The molecule has 2 heterocycles. The number of hydrogen-bond acceptors (Lipinski definition) is 5. The summed E-state index contributed by atoms with van der Waals surface area (Å²) in [6.45, 7) is 0. The lowest BCUT2D eigenvalue weighted by atomic mass is 9.67. The van der Waals surface area contributed by atoms with Crippen LogP contribution in [0.1, 0.15) is 70.9 Å². The minimum atomic E-state index is -2.01. The molecule has 0 bridgehead atoms. The van der Waals surface area contributed by atoms with Crippen LogP contribution in [0.25, 0.3) is 10.8 Å². The second-order valence-corrected chi connectivity index (χ2v) is 11.7. The number of carbonyl (C=O) groups is 2. The van der Waals surface area contributed by atoms with Crippen LogP contribution < -0.4 is 4.90 Å². The van der Waals surface area contributed by atoms with E-state index in [4.69, 9.17) is 4.74 Å². The van der Waals surface area contributed by atoms with Gasteiger partial charge in [-0.1, -0.05) is 97.8 Å². The lowest BCUT2D eigenvalue weighted by Crippen LogP contribution is -2.62. The average molecular weight is 532 g/mol. The van der Waals surface area contributed by atoms with Crippen LogP contribution in [-0.2, 0) is 9.53 Å². The summed E-state index contributed by atoms with van der Waals surface area (Å²) in [4.78, 5) is 28.8. The standard InChI is InChI=1S/C34H29NO5/c36-20-22-11-2-4-14-24(22)29-28-25-15-5-6-16-26(25)30(37)33(28)34(39,40-29)32(18-7-8-19-32)31(38)35(33)27-17-9-12-21-10-1-3-13-23(21)27/h1-6,9-17,20,28-30,37,39H,7-8,18-19H2/t28-,29+,30-,33-,34+/m0/s1. The van der Waals surface area contributed by atoms with E-state index in [-0.39, 0.29) is 5.91 Å². The van der Waals surface area contributed by atoms with Crippen LogP contribution in [0.5, 0.6) is 0 Å². The van der Waals surface area contributed by atoms with Gasteiger partial charge in [-0.05, 0) is 41.0 Å². The molecule has 0 radical (unpaired) electrons. The van der Waals surface area contributed by atoms with Crippen molar-refractivity contribution >= 4 is 28.7 Å². The van der Waals surface area contributed by atoms with Crippen LogP contribution in [0, 0.1) is 5.41 Å². The average Bonchev–Trinajstić information content (AvgIpc) is 3.70. The van der Waals surface area contributed by atoms with Crippen LogP contribution in [0.3, 0.4) is 0 Å². The fourth-order valence-corrected chi connectivity index (χ4v) is 8.62. The first kappa shape index (κ1) is 24.0. The van der Waals surface area contributed by atoms with E-state index >= 15 is 0 Å². The normalized spacial score (nSPS) is 31.5. The molecule has 40 heavy (non-hydrogen) atoms. The number of aliphatic hydroxyl groups is 2. The third kappa shape index (κ3) is 2.56. The first-order valence-corrected chi connectivity index (χ1v) is 14.0. The molecule has 5 atom stereocenters. The fourth-order valence-electron chi connectivity index (χ4n) is 8.62. The summed E-state index contributed by atoms with van der Waals surface area (Å²) >= 11 is 0. The summed E-state index contributed by atoms with van der Waals surface area (Å²) in [6, 6.07) is 28.6. The molecule has 8 rings (SSSR count). The predicted octanol–water partition coefficient (Wildman–Crippen LogP) is 5.59. The van der Waals surface area contributed by atoms with Crippen molar-refractivity contribution < 1.29 is 24.5 Å². The molecule has 2 spiro atoms. The zero-order chi connectivity index (χ0) is 27.3. The van der Waals surface area contributed by atoms with E-state index in [2.05, 4.69) is 0 Å². The smallest absolute Gasteiger partial charge is 0.239 e. The van der Waals surface area contributed by atoms with E-state index in [0.717, 1.165) is 35.5 Å². The molecule has 0 aromatic heterocycles. The number of benzene rings is 4. The van der Waals surface area contributed by atoms with Crippen LogP contribution >= 0.6 is 0 Å². The number of aldehydes is 1. The molecule has 4 aromatic carbocycles. The molecule has 3 fully saturated rings. The summed E-state index contributed by atoms with van der Waals surface area (Å²) < 4.78 is 6.83. The van der Waals surface area contributed by atoms with Crippen molar-refractivity contribution in [2.75, 3.05) is 4.90 Å². The van der Waals surface area contributed by atoms with Gasteiger partial charge >= 0.3 is 0 Å². The first-order valence-electron chi connectivity index (χ1n) is 14.0. The Bertz CT molecular complexity index is 1700. The van der Waals surface area contributed by atoms with E-state index in [0.29, 0.717) is 35.2 Å². The maximum absolute atomic E-state index is 14.9. The van der Waals surface area contributed by atoms with Crippen molar-refractivity contribution in [3.05, 3.63) is 113 Å². The van der Waals surface area contributed by atoms with E-state index in [1.807, 2.05) is 78.9 Å².